The maximum atomic E-state index is 10.3. The number of nitrogens with zero attached hydrogens (tertiary/aromatic N) is 1. The van der Waals surface area contributed by atoms with Crippen molar-refractivity contribution in [1.82, 2.24) is 0 Å². The molecule has 0 heterocycles. The van der Waals surface area contributed by atoms with Crippen molar-refractivity contribution < 1.29 is 5.11 Å². The lowest BCUT2D eigenvalue weighted by molar-refractivity contribution is 0.00899. The van der Waals surface area contributed by atoms with Crippen molar-refractivity contribution in [3.63, 3.8) is 0 Å². The highest BCUT2D eigenvalue weighted by Gasteiger charge is 2.27. The molecular weight excluding hydrogens is 186 g/mol. The second-order valence-electron chi connectivity index (χ2n) is 4.34. The van der Waals surface area contributed by atoms with Crippen LogP contribution in [0.15, 0.2) is 24.3 Å². The summed E-state index contributed by atoms with van der Waals surface area (Å²) in [5, 5.41) is 18.9. The molecule has 80 valence electrons. The average Bonchev–Trinajstić information content (AvgIpc) is 2.18. The van der Waals surface area contributed by atoms with Gasteiger partial charge in [0.1, 0.15) is 0 Å². The molecule has 1 unspecified atom stereocenters. The van der Waals surface area contributed by atoms with Crippen LogP contribution < -0.4 is 0 Å². The van der Waals surface area contributed by atoms with E-state index in [4.69, 9.17) is 5.26 Å². The number of nitriles is 1. The molecule has 1 rings (SSSR count). The Hall–Kier alpha value is -1.33. The predicted octanol–water partition coefficient (Wildman–Crippen LogP) is 2.62. The molecule has 0 aliphatic rings. The SMILES string of the molecule is CC(C)C(C)(O)c1cccc(CC#N)c1. The molecule has 1 aromatic carbocycles. The third kappa shape index (κ3) is 2.57. The van der Waals surface area contributed by atoms with Crippen LogP contribution >= 0.6 is 0 Å². The van der Waals surface area contributed by atoms with Crippen LogP contribution in [0.25, 0.3) is 0 Å². The van der Waals surface area contributed by atoms with Crippen molar-refractivity contribution in [2.45, 2.75) is 32.8 Å². The van der Waals surface area contributed by atoms with Crippen LogP contribution in [0.4, 0.5) is 0 Å². The van der Waals surface area contributed by atoms with E-state index in [1.165, 1.54) is 0 Å². The number of hydrogen-bond acceptors (Lipinski definition) is 2. The first-order chi connectivity index (χ1) is 6.98. The van der Waals surface area contributed by atoms with Gasteiger partial charge >= 0.3 is 0 Å². The van der Waals surface area contributed by atoms with Gasteiger partial charge in [0, 0.05) is 0 Å². The number of aliphatic hydroxyl groups is 1. The maximum absolute atomic E-state index is 10.3. The third-order valence-electron chi connectivity index (χ3n) is 2.92. The fourth-order valence-electron chi connectivity index (χ4n) is 1.42. The Morgan fingerprint density at radius 2 is 2.13 bits per heavy atom. The zero-order chi connectivity index (χ0) is 11.5. The van der Waals surface area contributed by atoms with Gasteiger partial charge in [-0.1, -0.05) is 38.1 Å². The molecule has 0 aromatic heterocycles. The summed E-state index contributed by atoms with van der Waals surface area (Å²) < 4.78 is 0. The van der Waals surface area contributed by atoms with Crippen LogP contribution in [-0.2, 0) is 12.0 Å². The van der Waals surface area contributed by atoms with E-state index in [9.17, 15) is 5.11 Å². The molecule has 0 fully saturated rings. The molecule has 2 heteroatoms. The standard InChI is InChI=1S/C13H17NO/c1-10(2)13(3,15)12-6-4-5-11(9-12)7-8-14/h4-6,9-10,15H,7H2,1-3H3. The first kappa shape index (κ1) is 11.7. The van der Waals surface area contributed by atoms with Crippen molar-refractivity contribution >= 4 is 0 Å². The molecule has 0 aliphatic heterocycles. The van der Waals surface area contributed by atoms with Gasteiger partial charge in [-0.2, -0.15) is 5.26 Å². The Bertz CT molecular complexity index is 374. The van der Waals surface area contributed by atoms with E-state index >= 15 is 0 Å². The molecule has 0 bridgehead atoms. The van der Waals surface area contributed by atoms with E-state index in [0.717, 1.165) is 11.1 Å². The van der Waals surface area contributed by atoms with Crippen molar-refractivity contribution in [2.75, 3.05) is 0 Å². The van der Waals surface area contributed by atoms with Gasteiger partial charge in [-0.05, 0) is 24.0 Å². The molecular formula is C13H17NO. The van der Waals surface area contributed by atoms with E-state index in [2.05, 4.69) is 6.07 Å². The second kappa shape index (κ2) is 4.46. The molecule has 0 spiro atoms. The van der Waals surface area contributed by atoms with Gasteiger partial charge < -0.3 is 5.11 Å². The van der Waals surface area contributed by atoms with Crippen LogP contribution in [0.1, 0.15) is 31.9 Å². The van der Waals surface area contributed by atoms with Gasteiger partial charge in [-0.3, -0.25) is 0 Å². The molecule has 1 N–H and O–H groups in total. The van der Waals surface area contributed by atoms with Gasteiger partial charge in [-0.15, -0.1) is 0 Å². The maximum Gasteiger partial charge on any atom is 0.0891 e. The average molecular weight is 203 g/mol. The molecule has 1 atom stereocenters. The summed E-state index contributed by atoms with van der Waals surface area (Å²) >= 11 is 0. The Labute approximate surface area is 91.2 Å². The van der Waals surface area contributed by atoms with Gasteiger partial charge in [0.15, 0.2) is 0 Å². The lowest BCUT2D eigenvalue weighted by Gasteiger charge is -2.28. The zero-order valence-electron chi connectivity index (χ0n) is 9.49. The molecule has 0 aliphatic carbocycles. The summed E-state index contributed by atoms with van der Waals surface area (Å²) in [6.45, 7) is 5.77. The summed E-state index contributed by atoms with van der Waals surface area (Å²) in [4.78, 5) is 0. The van der Waals surface area contributed by atoms with E-state index in [1.54, 1.807) is 0 Å². The Balaban J connectivity index is 3.05. The molecule has 0 radical (unpaired) electrons. The first-order valence-corrected chi connectivity index (χ1v) is 5.17. The highest BCUT2D eigenvalue weighted by Crippen LogP contribution is 2.29. The summed E-state index contributed by atoms with van der Waals surface area (Å²) in [6.07, 6.45) is 0.391. The van der Waals surface area contributed by atoms with E-state index in [0.29, 0.717) is 6.42 Å². The summed E-state index contributed by atoms with van der Waals surface area (Å²) in [6, 6.07) is 9.71. The minimum atomic E-state index is -0.828. The lowest BCUT2D eigenvalue weighted by atomic mass is 9.84. The largest absolute Gasteiger partial charge is 0.385 e. The van der Waals surface area contributed by atoms with Crippen LogP contribution in [0.3, 0.4) is 0 Å². The summed E-state index contributed by atoms with van der Waals surface area (Å²) in [5.74, 6) is 0.148. The molecule has 0 amide bonds. The smallest absolute Gasteiger partial charge is 0.0891 e. The van der Waals surface area contributed by atoms with E-state index in [1.807, 2.05) is 45.0 Å². The van der Waals surface area contributed by atoms with Crippen molar-refractivity contribution in [3.8, 4) is 6.07 Å². The molecule has 2 nitrogen and oxygen atoms in total. The molecule has 1 aromatic rings. The summed E-state index contributed by atoms with van der Waals surface area (Å²) in [5.41, 5.74) is 1.01. The van der Waals surface area contributed by atoms with E-state index in [-0.39, 0.29) is 5.92 Å². The van der Waals surface area contributed by atoms with Crippen molar-refractivity contribution in [2.24, 2.45) is 5.92 Å². The summed E-state index contributed by atoms with van der Waals surface area (Å²) in [7, 11) is 0. The number of benzene rings is 1. The van der Waals surface area contributed by atoms with Crippen molar-refractivity contribution in [1.29, 1.82) is 5.26 Å². The predicted molar refractivity (Wildman–Crippen MR) is 60.2 cm³/mol. The highest BCUT2D eigenvalue weighted by molar-refractivity contribution is 5.29. The van der Waals surface area contributed by atoms with Gasteiger partial charge in [0.25, 0.3) is 0 Å². The number of rotatable bonds is 3. The normalized spacial score (nSPS) is 14.7. The fourth-order valence-corrected chi connectivity index (χ4v) is 1.42. The third-order valence-corrected chi connectivity index (χ3v) is 2.92. The zero-order valence-corrected chi connectivity index (χ0v) is 9.49. The Kier molecular flexibility index (Phi) is 3.49. The minimum Gasteiger partial charge on any atom is -0.385 e. The quantitative estimate of drug-likeness (QED) is 0.820. The fraction of sp³-hybridized carbons (Fsp3) is 0.462. The van der Waals surface area contributed by atoms with Crippen LogP contribution in [0.2, 0.25) is 0 Å². The van der Waals surface area contributed by atoms with Gasteiger partial charge in [-0.25, -0.2) is 0 Å². The second-order valence-corrected chi connectivity index (χ2v) is 4.34. The van der Waals surface area contributed by atoms with Gasteiger partial charge in [0.05, 0.1) is 18.1 Å². The van der Waals surface area contributed by atoms with Gasteiger partial charge in [0.2, 0.25) is 0 Å². The topological polar surface area (TPSA) is 44.0 Å². The minimum absolute atomic E-state index is 0.148. The lowest BCUT2D eigenvalue weighted by Crippen LogP contribution is -2.27. The molecule has 0 saturated carbocycles. The number of hydrogen-bond donors (Lipinski definition) is 1. The van der Waals surface area contributed by atoms with Crippen molar-refractivity contribution in [3.05, 3.63) is 35.4 Å². The Morgan fingerprint density at radius 3 is 2.67 bits per heavy atom. The molecule has 0 saturated heterocycles. The molecule has 15 heavy (non-hydrogen) atoms. The highest BCUT2D eigenvalue weighted by atomic mass is 16.3. The van der Waals surface area contributed by atoms with E-state index < -0.39 is 5.60 Å². The van der Waals surface area contributed by atoms with Crippen LogP contribution in [0, 0.1) is 17.2 Å². The van der Waals surface area contributed by atoms with Crippen LogP contribution in [0.5, 0.6) is 0 Å². The van der Waals surface area contributed by atoms with Crippen LogP contribution in [-0.4, -0.2) is 5.11 Å². The monoisotopic (exact) mass is 203 g/mol. The first-order valence-electron chi connectivity index (χ1n) is 5.17. The Morgan fingerprint density at radius 1 is 1.47 bits per heavy atom.